The predicted octanol–water partition coefficient (Wildman–Crippen LogP) is 1.79. The van der Waals surface area contributed by atoms with Gasteiger partial charge in [-0.05, 0) is 13.0 Å². The second-order valence-electron chi connectivity index (χ2n) is 3.58. The number of hydrogen-bond acceptors (Lipinski definition) is 6. The topological polar surface area (TPSA) is 85.1 Å². The van der Waals surface area contributed by atoms with Gasteiger partial charge in [-0.1, -0.05) is 0 Å². The number of rotatable bonds is 3. The van der Waals surface area contributed by atoms with Crippen molar-refractivity contribution in [2.24, 2.45) is 0 Å². The fourth-order valence-corrected chi connectivity index (χ4v) is 2.86. The molecule has 0 spiro atoms. The summed E-state index contributed by atoms with van der Waals surface area (Å²) < 4.78 is 30.0. The number of hydrogen-bond donors (Lipinski definition) is 1. The molecule has 2 heterocycles. The van der Waals surface area contributed by atoms with Crippen LogP contribution in [-0.2, 0) is 10.0 Å². The highest BCUT2D eigenvalue weighted by molar-refractivity contribution is 7.92. The van der Waals surface area contributed by atoms with Gasteiger partial charge in [-0.3, -0.25) is 4.72 Å². The fourth-order valence-electron chi connectivity index (χ4n) is 1.28. The van der Waals surface area contributed by atoms with E-state index in [0.29, 0.717) is 17.5 Å². The van der Waals surface area contributed by atoms with E-state index < -0.39 is 10.0 Å². The molecule has 0 unspecified atom stereocenters. The van der Waals surface area contributed by atoms with Crippen LogP contribution in [0.3, 0.4) is 0 Å². The average molecular weight is 273 g/mol. The lowest BCUT2D eigenvalue weighted by Crippen LogP contribution is -2.09. The molecule has 2 aromatic heterocycles. The average Bonchev–Trinajstić information content (AvgIpc) is 2.72. The minimum atomic E-state index is -3.27. The van der Waals surface area contributed by atoms with Gasteiger partial charge < -0.3 is 4.42 Å². The quantitative estimate of drug-likeness (QED) is 0.921. The van der Waals surface area contributed by atoms with Gasteiger partial charge in [0.2, 0.25) is 15.9 Å². The molecule has 0 amide bonds. The van der Waals surface area contributed by atoms with E-state index in [-0.39, 0.29) is 0 Å². The van der Waals surface area contributed by atoms with Crippen LogP contribution in [0.25, 0.3) is 10.8 Å². The van der Waals surface area contributed by atoms with Gasteiger partial charge in [-0.25, -0.2) is 8.42 Å². The van der Waals surface area contributed by atoms with Crippen molar-refractivity contribution < 1.29 is 12.8 Å². The SMILES string of the molecule is Cc1nnc(-c2cc(NS(C)(=O)=O)c(C)s2)o1. The summed E-state index contributed by atoms with van der Waals surface area (Å²) in [6.45, 7) is 3.53. The van der Waals surface area contributed by atoms with Gasteiger partial charge in [0.05, 0.1) is 16.8 Å². The molecule has 8 heteroatoms. The molecule has 0 atom stereocenters. The molecule has 0 radical (unpaired) electrons. The minimum absolute atomic E-state index is 0.400. The molecule has 0 aliphatic carbocycles. The summed E-state index contributed by atoms with van der Waals surface area (Å²) in [5, 5.41) is 7.61. The first-order valence-electron chi connectivity index (χ1n) is 4.74. The van der Waals surface area contributed by atoms with E-state index in [1.54, 1.807) is 13.0 Å². The minimum Gasteiger partial charge on any atom is -0.420 e. The number of nitrogens with one attached hydrogen (secondary N) is 1. The van der Waals surface area contributed by atoms with Gasteiger partial charge in [-0.2, -0.15) is 0 Å². The van der Waals surface area contributed by atoms with E-state index in [4.69, 9.17) is 4.42 Å². The number of sulfonamides is 1. The van der Waals surface area contributed by atoms with Crippen molar-refractivity contribution in [3.63, 3.8) is 0 Å². The van der Waals surface area contributed by atoms with Crippen LogP contribution in [0.4, 0.5) is 5.69 Å². The lowest BCUT2D eigenvalue weighted by Gasteiger charge is -2.00. The Labute approximate surface area is 103 Å². The van der Waals surface area contributed by atoms with E-state index >= 15 is 0 Å². The second-order valence-corrected chi connectivity index (χ2v) is 6.59. The number of aromatic nitrogens is 2. The Morgan fingerprint density at radius 3 is 2.59 bits per heavy atom. The summed E-state index contributed by atoms with van der Waals surface area (Å²) >= 11 is 1.40. The van der Waals surface area contributed by atoms with E-state index in [1.807, 2.05) is 6.92 Å². The molecule has 2 rings (SSSR count). The van der Waals surface area contributed by atoms with Gasteiger partial charge in [-0.15, -0.1) is 21.5 Å². The molecule has 92 valence electrons. The van der Waals surface area contributed by atoms with Gasteiger partial charge in [0.15, 0.2) is 0 Å². The van der Waals surface area contributed by atoms with Crippen molar-refractivity contribution in [1.82, 2.24) is 10.2 Å². The summed E-state index contributed by atoms with van der Waals surface area (Å²) in [6, 6.07) is 1.69. The van der Waals surface area contributed by atoms with Gasteiger partial charge >= 0.3 is 0 Å². The maximum absolute atomic E-state index is 11.1. The molecule has 0 fully saturated rings. The van der Waals surface area contributed by atoms with E-state index in [9.17, 15) is 8.42 Å². The number of anilines is 1. The Balaban J connectivity index is 2.37. The normalized spacial score (nSPS) is 11.7. The molecule has 0 bridgehead atoms. The maximum atomic E-state index is 11.1. The number of aryl methyl sites for hydroxylation is 2. The first kappa shape index (κ1) is 12.1. The highest BCUT2D eigenvalue weighted by atomic mass is 32.2. The highest BCUT2D eigenvalue weighted by Gasteiger charge is 2.14. The van der Waals surface area contributed by atoms with E-state index in [1.165, 1.54) is 11.3 Å². The molecule has 0 aromatic carbocycles. The van der Waals surface area contributed by atoms with Gasteiger partial charge in [0.1, 0.15) is 0 Å². The van der Waals surface area contributed by atoms with Crippen molar-refractivity contribution >= 4 is 27.0 Å². The summed E-state index contributed by atoms with van der Waals surface area (Å²) in [6.07, 6.45) is 1.11. The fraction of sp³-hybridized carbons (Fsp3) is 0.333. The van der Waals surface area contributed by atoms with Crippen LogP contribution in [0.5, 0.6) is 0 Å². The zero-order chi connectivity index (χ0) is 12.6. The molecule has 17 heavy (non-hydrogen) atoms. The molecule has 1 N–H and O–H groups in total. The molecule has 2 aromatic rings. The lowest BCUT2D eigenvalue weighted by atomic mass is 10.4. The van der Waals surface area contributed by atoms with Crippen molar-refractivity contribution in [1.29, 1.82) is 0 Å². The van der Waals surface area contributed by atoms with Crippen LogP contribution >= 0.6 is 11.3 Å². The first-order valence-corrected chi connectivity index (χ1v) is 7.44. The molecule has 0 saturated heterocycles. The molecule has 0 aliphatic rings. The monoisotopic (exact) mass is 273 g/mol. The van der Waals surface area contributed by atoms with Crippen LogP contribution in [0.2, 0.25) is 0 Å². The van der Waals surface area contributed by atoms with Crippen molar-refractivity contribution in [3.8, 4) is 10.8 Å². The molecule has 0 saturated carbocycles. The van der Waals surface area contributed by atoms with Gasteiger partial charge in [0.25, 0.3) is 5.89 Å². The van der Waals surface area contributed by atoms with Crippen LogP contribution in [0, 0.1) is 13.8 Å². The predicted molar refractivity (Wildman–Crippen MR) is 65.6 cm³/mol. The summed E-state index contributed by atoms with van der Waals surface area (Å²) in [5.74, 6) is 0.876. The summed E-state index contributed by atoms with van der Waals surface area (Å²) in [4.78, 5) is 1.59. The second kappa shape index (κ2) is 4.11. The van der Waals surface area contributed by atoms with Crippen molar-refractivity contribution in [3.05, 3.63) is 16.8 Å². The first-order chi connectivity index (χ1) is 7.85. The molecular weight excluding hydrogens is 262 g/mol. The highest BCUT2D eigenvalue weighted by Crippen LogP contribution is 2.33. The van der Waals surface area contributed by atoms with Gasteiger partial charge in [0, 0.05) is 11.8 Å². The Hall–Kier alpha value is -1.41. The number of thiophene rings is 1. The largest absolute Gasteiger partial charge is 0.420 e. The third-order valence-electron chi connectivity index (χ3n) is 1.95. The smallest absolute Gasteiger partial charge is 0.257 e. The third-order valence-corrected chi connectivity index (χ3v) is 3.58. The Bertz CT molecular complexity index is 642. The lowest BCUT2D eigenvalue weighted by molar-refractivity contribution is 0.534. The standard InChI is InChI=1S/C9H11N3O3S2/c1-5-7(12-17(3,13)14)4-8(16-5)9-11-10-6(2)15-9/h4,12H,1-3H3. The Morgan fingerprint density at radius 1 is 1.35 bits per heavy atom. The van der Waals surface area contributed by atoms with E-state index in [0.717, 1.165) is 16.0 Å². The van der Waals surface area contributed by atoms with Crippen LogP contribution in [0.1, 0.15) is 10.8 Å². The molecule has 0 aliphatic heterocycles. The number of nitrogens with zero attached hydrogens (tertiary/aromatic N) is 2. The zero-order valence-corrected chi connectivity index (χ0v) is 11.1. The zero-order valence-electron chi connectivity index (χ0n) is 9.51. The molecular formula is C9H11N3O3S2. The molecule has 6 nitrogen and oxygen atoms in total. The Kier molecular flexibility index (Phi) is 2.92. The third kappa shape index (κ3) is 2.83. The van der Waals surface area contributed by atoms with Crippen molar-refractivity contribution in [2.45, 2.75) is 13.8 Å². The Morgan fingerprint density at radius 2 is 2.06 bits per heavy atom. The van der Waals surface area contributed by atoms with Crippen LogP contribution < -0.4 is 4.72 Å². The summed E-state index contributed by atoms with van der Waals surface area (Å²) in [5.41, 5.74) is 0.545. The van der Waals surface area contributed by atoms with Crippen LogP contribution in [-0.4, -0.2) is 24.9 Å². The van der Waals surface area contributed by atoms with E-state index in [2.05, 4.69) is 14.9 Å². The van der Waals surface area contributed by atoms with Crippen molar-refractivity contribution in [2.75, 3.05) is 11.0 Å². The van der Waals surface area contributed by atoms with Crippen LogP contribution in [0.15, 0.2) is 10.5 Å². The maximum Gasteiger partial charge on any atom is 0.257 e. The summed E-state index contributed by atoms with van der Waals surface area (Å²) in [7, 11) is -3.27.